The summed E-state index contributed by atoms with van der Waals surface area (Å²) in [6.07, 6.45) is 1.00. The fourth-order valence-electron chi connectivity index (χ4n) is 1.67. The molecule has 6 nitrogen and oxygen atoms in total. The van der Waals surface area contributed by atoms with Crippen molar-refractivity contribution in [2.24, 2.45) is 11.7 Å². The van der Waals surface area contributed by atoms with Crippen LogP contribution >= 0.6 is 0 Å². The molecule has 0 bridgehead atoms. The third-order valence-electron chi connectivity index (χ3n) is 2.54. The molecule has 6 heteroatoms. The maximum atomic E-state index is 11.6. The zero-order chi connectivity index (χ0) is 14.1. The second kappa shape index (κ2) is 8.88. The monoisotopic (exact) mass is 260 g/mol. The summed E-state index contributed by atoms with van der Waals surface area (Å²) in [5.41, 5.74) is 5.44. The lowest BCUT2D eigenvalue weighted by atomic mass is 10.0. The Morgan fingerprint density at radius 1 is 1.11 bits per heavy atom. The van der Waals surface area contributed by atoms with Gasteiger partial charge in [0.15, 0.2) is 0 Å². The van der Waals surface area contributed by atoms with E-state index in [-0.39, 0.29) is 5.97 Å². The molecule has 0 aromatic rings. The lowest BCUT2D eigenvalue weighted by Crippen LogP contribution is -2.49. The minimum absolute atomic E-state index is 0.303. The number of hydrogen-bond donors (Lipinski definition) is 2. The summed E-state index contributed by atoms with van der Waals surface area (Å²) >= 11 is 0. The fourth-order valence-corrected chi connectivity index (χ4v) is 1.67. The molecular formula is C12H24N2O4. The minimum atomic E-state index is -0.581. The Bertz CT molecular complexity index is 269. The van der Waals surface area contributed by atoms with E-state index >= 15 is 0 Å². The maximum absolute atomic E-state index is 11.6. The molecule has 0 radical (unpaired) electrons. The number of ether oxygens (including phenoxy) is 2. The molecule has 0 fully saturated rings. The van der Waals surface area contributed by atoms with Crippen LogP contribution < -0.4 is 11.1 Å². The predicted octanol–water partition coefficient (Wildman–Crippen LogP) is 0.0541. The van der Waals surface area contributed by atoms with E-state index in [2.05, 4.69) is 10.1 Å². The van der Waals surface area contributed by atoms with Gasteiger partial charge in [-0.1, -0.05) is 13.8 Å². The highest BCUT2D eigenvalue weighted by Crippen LogP contribution is 2.08. The van der Waals surface area contributed by atoms with E-state index in [9.17, 15) is 9.59 Å². The van der Waals surface area contributed by atoms with Crippen LogP contribution in [0.1, 0.15) is 26.7 Å². The zero-order valence-corrected chi connectivity index (χ0v) is 11.6. The molecule has 18 heavy (non-hydrogen) atoms. The average Bonchev–Trinajstić information content (AvgIpc) is 2.34. The number of hydrogen-bond acceptors (Lipinski definition) is 6. The van der Waals surface area contributed by atoms with Gasteiger partial charge in [0.05, 0.1) is 14.2 Å². The first kappa shape index (κ1) is 16.9. The van der Waals surface area contributed by atoms with Gasteiger partial charge in [0.1, 0.15) is 12.1 Å². The number of methoxy groups -OCH3 is 2. The van der Waals surface area contributed by atoms with Gasteiger partial charge >= 0.3 is 11.9 Å². The van der Waals surface area contributed by atoms with Crippen LogP contribution in [0.2, 0.25) is 0 Å². The summed E-state index contributed by atoms with van der Waals surface area (Å²) in [5.74, 6) is -0.495. The van der Waals surface area contributed by atoms with Crippen LogP contribution in [0.15, 0.2) is 0 Å². The molecule has 0 aliphatic heterocycles. The molecule has 0 spiro atoms. The number of carbonyl (C=O) groups excluding carboxylic acids is 2. The summed E-state index contributed by atoms with van der Waals surface area (Å²) in [5, 5.41) is 2.96. The average molecular weight is 260 g/mol. The molecule has 0 saturated heterocycles. The van der Waals surface area contributed by atoms with Gasteiger partial charge in [-0.2, -0.15) is 0 Å². The lowest BCUT2D eigenvalue weighted by Gasteiger charge is -2.23. The van der Waals surface area contributed by atoms with Crippen molar-refractivity contribution in [3.8, 4) is 0 Å². The fraction of sp³-hybridized carbons (Fsp3) is 0.833. The Labute approximate surface area is 108 Å². The van der Waals surface area contributed by atoms with Crippen molar-refractivity contribution in [3.63, 3.8) is 0 Å². The highest BCUT2D eigenvalue weighted by Gasteiger charge is 2.27. The normalized spacial score (nSPS) is 14.1. The number of nitrogens with one attached hydrogen (secondary N) is 1. The van der Waals surface area contributed by atoms with E-state index in [1.54, 1.807) is 0 Å². The van der Waals surface area contributed by atoms with E-state index in [1.807, 2.05) is 13.8 Å². The highest BCUT2D eigenvalue weighted by atomic mass is 16.5. The summed E-state index contributed by atoms with van der Waals surface area (Å²) in [4.78, 5) is 23.2. The number of nitrogens with two attached hydrogens (primary N) is 1. The first-order valence-electron chi connectivity index (χ1n) is 6.08. The van der Waals surface area contributed by atoms with Crippen molar-refractivity contribution in [2.45, 2.75) is 38.8 Å². The van der Waals surface area contributed by atoms with E-state index in [4.69, 9.17) is 10.5 Å². The zero-order valence-electron chi connectivity index (χ0n) is 11.6. The molecule has 0 aliphatic rings. The van der Waals surface area contributed by atoms with Gasteiger partial charge in [-0.25, -0.2) is 0 Å². The van der Waals surface area contributed by atoms with Crippen LogP contribution in [-0.4, -0.2) is 44.8 Å². The Kier molecular flexibility index (Phi) is 8.32. The Hall–Kier alpha value is -1.14. The molecule has 106 valence electrons. The van der Waals surface area contributed by atoms with Gasteiger partial charge in [0.25, 0.3) is 0 Å². The summed E-state index contributed by atoms with van der Waals surface area (Å²) in [6.45, 7) is 4.32. The Balaban J connectivity index is 4.68. The van der Waals surface area contributed by atoms with Gasteiger partial charge in [-0.15, -0.1) is 0 Å². The summed E-state index contributed by atoms with van der Waals surface area (Å²) in [6, 6.07) is -1.10. The molecule has 2 atom stereocenters. The molecule has 0 amide bonds. The minimum Gasteiger partial charge on any atom is -0.468 e. The molecule has 0 rings (SSSR count). The predicted molar refractivity (Wildman–Crippen MR) is 67.9 cm³/mol. The van der Waals surface area contributed by atoms with Crippen molar-refractivity contribution in [2.75, 3.05) is 20.8 Å². The maximum Gasteiger partial charge on any atom is 0.322 e. The van der Waals surface area contributed by atoms with Gasteiger partial charge < -0.3 is 15.2 Å². The molecule has 0 saturated carbocycles. The molecule has 0 aromatic heterocycles. The quantitative estimate of drug-likeness (QED) is 0.599. The highest BCUT2D eigenvalue weighted by molar-refractivity contribution is 5.79. The second-order valence-electron chi connectivity index (χ2n) is 4.53. The standard InChI is InChI=1S/C12H24N2O4/c1-8(2)7-10(12(16)18-4)14-9(5-6-13)11(15)17-3/h8-10,14H,5-7,13H2,1-4H3/t9-,10-/m0/s1. The van der Waals surface area contributed by atoms with Crippen LogP contribution in [0.5, 0.6) is 0 Å². The second-order valence-corrected chi connectivity index (χ2v) is 4.53. The van der Waals surface area contributed by atoms with Crippen LogP contribution in [-0.2, 0) is 19.1 Å². The molecule has 3 N–H and O–H groups in total. The van der Waals surface area contributed by atoms with Gasteiger partial charge in [-0.05, 0) is 25.3 Å². The van der Waals surface area contributed by atoms with E-state index in [1.165, 1.54) is 14.2 Å². The molecule has 0 aromatic carbocycles. The van der Waals surface area contributed by atoms with E-state index in [0.717, 1.165) is 0 Å². The Morgan fingerprint density at radius 2 is 1.61 bits per heavy atom. The first-order valence-corrected chi connectivity index (χ1v) is 6.08. The van der Waals surface area contributed by atoms with Crippen molar-refractivity contribution in [1.82, 2.24) is 5.32 Å². The largest absolute Gasteiger partial charge is 0.468 e. The van der Waals surface area contributed by atoms with Gasteiger partial charge in [0.2, 0.25) is 0 Å². The molecule has 0 unspecified atom stereocenters. The van der Waals surface area contributed by atoms with Crippen molar-refractivity contribution < 1.29 is 19.1 Å². The lowest BCUT2D eigenvalue weighted by molar-refractivity contribution is -0.146. The number of esters is 2. The van der Waals surface area contributed by atoms with Crippen LogP contribution in [0.25, 0.3) is 0 Å². The Morgan fingerprint density at radius 3 is 2.00 bits per heavy atom. The van der Waals surface area contributed by atoms with Crippen molar-refractivity contribution in [3.05, 3.63) is 0 Å². The van der Waals surface area contributed by atoms with Crippen molar-refractivity contribution in [1.29, 1.82) is 0 Å². The topological polar surface area (TPSA) is 90.6 Å². The SMILES string of the molecule is COC(=O)[C@H](CCN)N[C@@H](CC(C)C)C(=O)OC. The smallest absolute Gasteiger partial charge is 0.322 e. The van der Waals surface area contributed by atoms with Gasteiger partial charge in [0, 0.05) is 0 Å². The van der Waals surface area contributed by atoms with Crippen LogP contribution in [0.4, 0.5) is 0 Å². The number of rotatable bonds is 8. The van der Waals surface area contributed by atoms with Crippen molar-refractivity contribution >= 4 is 11.9 Å². The van der Waals surface area contributed by atoms with Gasteiger partial charge in [-0.3, -0.25) is 14.9 Å². The van der Waals surface area contributed by atoms with Crippen LogP contribution in [0, 0.1) is 5.92 Å². The summed E-state index contributed by atoms with van der Waals surface area (Å²) < 4.78 is 9.40. The van der Waals surface area contributed by atoms with E-state index < -0.39 is 18.1 Å². The number of carbonyl (C=O) groups is 2. The molecular weight excluding hydrogens is 236 g/mol. The molecule has 0 heterocycles. The third-order valence-corrected chi connectivity index (χ3v) is 2.54. The van der Waals surface area contributed by atoms with Crippen LogP contribution in [0.3, 0.4) is 0 Å². The van der Waals surface area contributed by atoms with E-state index in [0.29, 0.717) is 25.3 Å². The third kappa shape index (κ3) is 5.97. The first-order chi connectivity index (χ1) is 8.46. The molecule has 0 aliphatic carbocycles. The summed E-state index contributed by atoms with van der Waals surface area (Å²) in [7, 11) is 2.64.